The van der Waals surface area contributed by atoms with Crippen LogP contribution in [0, 0.1) is 22.7 Å². The van der Waals surface area contributed by atoms with Crippen LogP contribution in [0.3, 0.4) is 0 Å². The van der Waals surface area contributed by atoms with E-state index in [0.29, 0.717) is 17.0 Å². The molecule has 16 heavy (non-hydrogen) atoms. The van der Waals surface area contributed by atoms with Crippen LogP contribution in [0.4, 0.5) is 5.69 Å². The van der Waals surface area contributed by atoms with E-state index < -0.39 is 0 Å². The summed E-state index contributed by atoms with van der Waals surface area (Å²) in [6, 6.07) is 9.52. The van der Waals surface area contributed by atoms with E-state index in [9.17, 15) is 0 Å². The largest absolute Gasteiger partial charge is 0.371 e. The molecule has 0 heterocycles. The van der Waals surface area contributed by atoms with Crippen molar-refractivity contribution in [2.24, 2.45) is 0 Å². The Kier molecular flexibility index (Phi) is 4.17. The van der Waals surface area contributed by atoms with Crippen molar-refractivity contribution in [3.8, 4) is 12.1 Å². The Bertz CT molecular complexity index is 456. The molecule has 4 heteroatoms. The Hall–Kier alpha value is -1.71. The zero-order valence-corrected chi connectivity index (χ0v) is 9.99. The summed E-state index contributed by atoms with van der Waals surface area (Å²) in [6.07, 6.45) is 0.453. The fourth-order valence-electron chi connectivity index (χ4n) is 1.34. The topological polar surface area (TPSA) is 50.8 Å². The van der Waals surface area contributed by atoms with E-state index in [-0.39, 0.29) is 6.04 Å². The van der Waals surface area contributed by atoms with Crippen molar-refractivity contribution in [3.05, 3.63) is 28.8 Å². The molecular formula is C12H12ClN3. The minimum atomic E-state index is 0.119. The molecule has 0 amide bonds. The highest BCUT2D eigenvalue weighted by Crippen LogP contribution is 2.24. The first-order valence-corrected chi connectivity index (χ1v) is 5.27. The average molecular weight is 234 g/mol. The van der Waals surface area contributed by atoms with E-state index in [0.717, 1.165) is 5.69 Å². The number of hydrogen-bond acceptors (Lipinski definition) is 3. The molecule has 0 aliphatic rings. The van der Waals surface area contributed by atoms with Crippen molar-refractivity contribution in [2.45, 2.75) is 19.4 Å². The second-order valence-corrected chi connectivity index (χ2v) is 4.01. The normalized spacial score (nSPS) is 11.3. The van der Waals surface area contributed by atoms with E-state index >= 15 is 0 Å². The van der Waals surface area contributed by atoms with E-state index in [1.54, 1.807) is 12.1 Å². The predicted molar refractivity (Wildman–Crippen MR) is 64.3 cm³/mol. The van der Waals surface area contributed by atoms with Gasteiger partial charge in [-0.15, -0.1) is 0 Å². The molecule has 0 spiro atoms. The van der Waals surface area contributed by atoms with Gasteiger partial charge in [0.2, 0.25) is 0 Å². The standard InChI is InChI=1S/C12H12ClN3/c1-9(5-6-14)16(2)11-4-3-10(8-15)12(13)7-11/h3-4,7,9H,5H2,1-2H3. The predicted octanol–water partition coefficient (Wildman–Crippen LogP) is 2.95. The highest BCUT2D eigenvalue weighted by molar-refractivity contribution is 6.32. The van der Waals surface area contributed by atoms with Crippen molar-refractivity contribution in [1.82, 2.24) is 0 Å². The summed E-state index contributed by atoms with van der Waals surface area (Å²) in [4.78, 5) is 1.97. The minimum Gasteiger partial charge on any atom is -0.371 e. The van der Waals surface area contributed by atoms with E-state index in [4.69, 9.17) is 22.1 Å². The molecule has 0 saturated heterocycles. The van der Waals surface area contributed by atoms with Gasteiger partial charge in [-0.05, 0) is 25.1 Å². The van der Waals surface area contributed by atoms with Crippen LogP contribution in [-0.2, 0) is 0 Å². The van der Waals surface area contributed by atoms with Crippen molar-refractivity contribution < 1.29 is 0 Å². The highest BCUT2D eigenvalue weighted by Gasteiger charge is 2.11. The maximum absolute atomic E-state index is 8.75. The Morgan fingerprint density at radius 1 is 1.44 bits per heavy atom. The fraction of sp³-hybridized carbons (Fsp3) is 0.333. The van der Waals surface area contributed by atoms with Gasteiger partial charge in [-0.1, -0.05) is 11.6 Å². The first-order valence-electron chi connectivity index (χ1n) is 4.89. The van der Waals surface area contributed by atoms with Crippen LogP contribution in [0.25, 0.3) is 0 Å². The van der Waals surface area contributed by atoms with Gasteiger partial charge in [0.15, 0.2) is 0 Å². The first kappa shape index (κ1) is 12.4. The third-order valence-corrected chi connectivity index (χ3v) is 2.84. The molecule has 3 nitrogen and oxygen atoms in total. The quantitative estimate of drug-likeness (QED) is 0.807. The lowest BCUT2D eigenvalue weighted by atomic mass is 10.1. The molecule has 1 aromatic carbocycles. The van der Waals surface area contributed by atoms with Gasteiger partial charge in [0.05, 0.1) is 23.1 Å². The number of halogens is 1. The lowest BCUT2D eigenvalue weighted by Gasteiger charge is -2.25. The second-order valence-electron chi connectivity index (χ2n) is 3.60. The molecule has 82 valence electrons. The number of anilines is 1. The average Bonchev–Trinajstić information content (AvgIpc) is 2.28. The van der Waals surface area contributed by atoms with Crippen molar-refractivity contribution >= 4 is 17.3 Å². The molecule has 0 radical (unpaired) electrons. The Balaban J connectivity index is 2.94. The third kappa shape index (κ3) is 2.66. The van der Waals surface area contributed by atoms with Gasteiger partial charge in [0.1, 0.15) is 6.07 Å². The number of hydrogen-bond donors (Lipinski definition) is 0. The summed E-state index contributed by atoms with van der Waals surface area (Å²) in [6.45, 7) is 1.97. The van der Waals surface area contributed by atoms with Crippen LogP contribution >= 0.6 is 11.6 Å². The van der Waals surface area contributed by atoms with Crippen molar-refractivity contribution in [2.75, 3.05) is 11.9 Å². The molecule has 1 unspecified atom stereocenters. The molecule has 0 aromatic heterocycles. The molecule has 1 atom stereocenters. The third-order valence-electron chi connectivity index (χ3n) is 2.53. The van der Waals surface area contributed by atoms with Crippen LogP contribution < -0.4 is 4.90 Å². The van der Waals surface area contributed by atoms with Gasteiger partial charge in [-0.2, -0.15) is 10.5 Å². The zero-order valence-electron chi connectivity index (χ0n) is 9.24. The first-order chi connectivity index (χ1) is 7.60. The van der Waals surface area contributed by atoms with Gasteiger partial charge in [0.25, 0.3) is 0 Å². The molecule has 0 aliphatic heterocycles. The summed E-state index contributed by atoms with van der Waals surface area (Å²) < 4.78 is 0. The number of rotatable bonds is 3. The van der Waals surface area contributed by atoms with Crippen LogP contribution in [0.1, 0.15) is 18.9 Å². The van der Waals surface area contributed by atoms with Crippen molar-refractivity contribution in [1.29, 1.82) is 10.5 Å². The molecule has 0 aliphatic carbocycles. The van der Waals surface area contributed by atoms with Crippen LogP contribution in [0.15, 0.2) is 18.2 Å². The van der Waals surface area contributed by atoms with Gasteiger partial charge >= 0.3 is 0 Å². The van der Waals surface area contributed by atoms with Crippen molar-refractivity contribution in [3.63, 3.8) is 0 Å². The van der Waals surface area contributed by atoms with Crippen LogP contribution in [0.5, 0.6) is 0 Å². The summed E-state index contributed by atoms with van der Waals surface area (Å²) in [7, 11) is 1.90. The van der Waals surface area contributed by atoms with Crippen LogP contribution in [0.2, 0.25) is 5.02 Å². The Morgan fingerprint density at radius 2 is 2.12 bits per heavy atom. The molecule has 0 fully saturated rings. The number of benzene rings is 1. The minimum absolute atomic E-state index is 0.119. The smallest absolute Gasteiger partial charge is 0.101 e. The highest BCUT2D eigenvalue weighted by atomic mass is 35.5. The Morgan fingerprint density at radius 3 is 2.62 bits per heavy atom. The van der Waals surface area contributed by atoms with Gasteiger partial charge in [-0.25, -0.2) is 0 Å². The summed E-state index contributed by atoms with van der Waals surface area (Å²) in [5, 5.41) is 17.8. The maximum atomic E-state index is 8.75. The van der Waals surface area contributed by atoms with Crippen LogP contribution in [-0.4, -0.2) is 13.1 Å². The monoisotopic (exact) mass is 233 g/mol. The molecular weight excluding hydrogens is 222 g/mol. The fourth-order valence-corrected chi connectivity index (χ4v) is 1.55. The van der Waals surface area contributed by atoms with Gasteiger partial charge < -0.3 is 4.90 Å². The zero-order chi connectivity index (χ0) is 12.1. The lowest BCUT2D eigenvalue weighted by Crippen LogP contribution is -2.28. The lowest BCUT2D eigenvalue weighted by molar-refractivity contribution is 0.702. The van der Waals surface area contributed by atoms with E-state index in [1.807, 2.05) is 31.0 Å². The molecule has 0 bridgehead atoms. The Labute approximate surface area is 100 Å². The van der Waals surface area contributed by atoms with E-state index in [1.165, 1.54) is 0 Å². The SMILES string of the molecule is CC(CC#N)N(C)c1ccc(C#N)c(Cl)c1. The van der Waals surface area contributed by atoms with E-state index in [2.05, 4.69) is 6.07 Å². The summed E-state index contributed by atoms with van der Waals surface area (Å²) in [5.74, 6) is 0. The molecule has 0 N–H and O–H groups in total. The summed E-state index contributed by atoms with van der Waals surface area (Å²) >= 11 is 5.94. The molecule has 0 saturated carbocycles. The molecule has 1 aromatic rings. The maximum Gasteiger partial charge on any atom is 0.101 e. The number of nitrogens with zero attached hydrogens (tertiary/aromatic N) is 3. The molecule has 1 rings (SSSR count). The second kappa shape index (κ2) is 5.39. The van der Waals surface area contributed by atoms with Gasteiger partial charge in [-0.3, -0.25) is 0 Å². The number of nitriles is 2. The van der Waals surface area contributed by atoms with Gasteiger partial charge in [0, 0.05) is 18.8 Å². The summed E-state index contributed by atoms with van der Waals surface area (Å²) in [5.41, 5.74) is 1.37.